The summed E-state index contributed by atoms with van der Waals surface area (Å²) in [4.78, 5) is 14.7. The smallest absolute Gasteiger partial charge is 0.340 e. The number of esters is 1. The van der Waals surface area contributed by atoms with Crippen LogP contribution in [0, 0.1) is 6.07 Å². The zero-order chi connectivity index (χ0) is 8.10. The summed E-state index contributed by atoms with van der Waals surface area (Å²) in [5.41, 5.74) is 0.370. The molecule has 0 aliphatic carbocycles. The van der Waals surface area contributed by atoms with Crippen LogP contribution in [0.2, 0.25) is 0 Å². The molecule has 1 aromatic rings. The average Bonchev–Trinajstić information content (AvgIpc) is 2.07. The lowest BCUT2D eigenvalue weighted by molar-refractivity contribution is 0.0525. The third-order valence-electron chi connectivity index (χ3n) is 1.10. The van der Waals surface area contributed by atoms with Crippen LogP contribution in [0.4, 0.5) is 0 Å². The fraction of sp³-hybridized carbons (Fsp3) is 0.250. The van der Waals surface area contributed by atoms with Gasteiger partial charge in [0.25, 0.3) is 0 Å². The Balaban J connectivity index is 2.69. The van der Waals surface area contributed by atoms with Crippen molar-refractivity contribution >= 4 is 5.97 Å². The van der Waals surface area contributed by atoms with Gasteiger partial charge in [-0.3, -0.25) is 4.98 Å². The number of hydrogen-bond acceptors (Lipinski definition) is 3. The molecule has 1 rings (SSSR count). The summed E-state index contributed by atoms with van der Waals surface area (Å²) in [7, 11) is 0. The first-order chi connectivity index (χ1) is 5.34. The fourth-order valence-electron chi connectivity index (χ4n) is 0.645. The standard InChI is InChI=1S/C8H8NO2/c1-2-11-8(10)7-4-3-5-9-6-7/h3,5-6H,2H2,1H3. The van der Waals surface area contributed by atoms with Gasteiger partial charge in [0, 0.05) is 18.5 Å². The van der Waals surface area contributed by atoms with Crippen LogP contribution in [0.3, 0.4) is 0 Å². The van der Waals surface area contributed by atoms with Crippen molar-refractivity contribution in [2.24, 2.45) is 0 Å². The van der Waals surface area contributed by atoms with Crippen molar-refractivity contribution in [1.82, 2.24) is 4.98 Å². The maximum Gasteiger partial charge on any atom is 0.340 e. The number of carbonyl (C=O) groups excluding carboxylic acids is 1. The van der Waals surface area contributed by atoms with Gasteiger partial charge in [0.05, 0.1) is 12.2 Å². The number of nitrogens with zero attached hydrogens (tertiary/aromatic N) is 1. The van der Waals surface area contributed by atoms with Gasteiger partial charge in [-0.2, -0.15) is 0 Å². The van der Waals surface area contributed by atoms with E-state index in [9.17, 15) is 4.79 Å². The van der Waals surface area contributed by atoms with Crippen molar-refractivity contribution in [2.75, 3.05) is 6.61 Å². The second-order valence-corrected chi connectivity index (χ2v) is 1.87. The molecule has 0 atom stereocenters. The van der Waals surface area contributed by atoms with Gasteiger partial charge < -0.3 is 4.74 Å². The highest BCUT2D eigenvalue weighted by atomic mass is 16.5. The van der Waals surface area contributed by atoms with Gasteiger partial charge >= 0.3 is 5.97 Å². The van der Waals surface area contributed by atoms with Crippen molar-refractivity contribution in [3.8, 4) is 0 Å². The Morgan fingerprint density at radius 1 is 1.82 bits per heavy atom. The Hall–Kier alpha value is -1.38. The third-order valence-corrected chi connectivity index (χ3v) is 1.10. The van der Waals surface area contributed by atoms with Crippen LogP contribution in [0.1, 0.15) is 17.3 Å². The van der Waals surface area contributed by atoms with Crippen LogP contribution in [-0.2, 0) is 4.74 Å². The minimum atomic E-state index is -0.374. The van der Waals surface area contributed by atoms with Gasteiger partial charge in [-0.15, -0.1) is 0 Å². The van der Waals surface area contributed by atoms with Gasteiger partial charge in [-0.05, 0) is 13.0 Å². The van der Waals surface area contributed by atoms with Gasteiger partial charge in [-0.25, -0.2) is 4.79 Å². The average molecular weight is 150 g/mol. The van der Waals surface area contributed by atoms with E-state index < -0.39 is 0 Å². The molecule has 1 aromatic heterocycles. The molecular weight excluding hydrogens is 142 g/mol. The lowest BCUT2D eigenvalue weighted by atomic mass is 10.3. The molecule has 0 saturated carbocycles. The van der Waals surface area contributed by atoms with E-state index in [0.29, 0.717) is 12.2 Å². The van der Waals surface area contributed by atoms with E-state index in [1.807, 2.05) is 0 Å². The van der Waals surface area contributed by atoms with E-state index in [0.717, 1.165) is 0 Å². The van der Waals surface area contributed by atoms with E-state index in [-0.39, 0.29) is 5.97 Å². The molecule has 0 N–H and O–H groups in total. The Morgan fingerprint density at radius 3 is 3.18 bits per heavy atom. The van der Waals surface area contributed by atoms with Crippen molar-refractivity contribution in [3.63, 3.8) is 0 Å². The molecule has 0 aliphatic heterocycles. The molecule has 1 heterocycles. The zero-order valence-corrected chi connectivity index (χ0v) is 6.20. The van der Waals surface area contributed by atoms with Gasteiger partial charge in [0.2, 0.25) is 0 Å². The van der Waals surface area contributed by atoms with Crippen LogP contribution in [0.25, 0.3) is 0 Å². The predicted molar refractivity (Wildman–Crippen MR) is 39.0 cm³/mol. The zero-order valence-electron chi connectivity index (χ0n) is 6.20. The second kappa shape index (κ2) is 3.71. The summed E-state index contributed by atoms with van der Waals surface area (Å²) >= 11 is 0. The van der Waals surface area contributed by atoms with Crippen molar-refractivity contribution in [1.29, 1.82) is 0 Å². The first-order valence-corrected chi connectivity index (χ1v) is 3.33. The normalized spacial score (nSPS) is 9.18. The van der Waals surface area contributed by atoms with Crippen molar-refractivity contribution in [3.05, 3.63) is 30.1 Å². The van der Waals surface area contributed by atoms with Gasteiger partial charge in [0.15, 0.2) is 0 Å². The maximum atomic E-state index is 11.0. The molecule has 3 heteroatoms. The van der Waals surface area contributed by atoms with Crippen molar-refractivity contribution < 1.29 is 9.53 Å². The van der Waals surface area contributed by atoms with E-state index >= 15 is 0 Å². The van der Waals surface area contributed by atoms with Crippen LogP contribution in [-0.4, -0.2) is 17.6 Å². The largest absolute Gasteiger partial charge is 0.462 e. The summed E-state index contributed by atoms with van der Waals surface area (Å²) < 4.78 is 4.72. The first-order valence-electron chi connectivity index (χ1n) is 3.33. The number of hydrogen-bond donors (Lipinski definition) is 0. The van der Waals surface area contributed by atoms with Gasteiger partial charge in [-0.1, -0.05) is 0 Å². The minimum Gasteiger partial charge on any atom is -0.462 e. The summed E-state index contributed by atoms with van der Waals surface area (Å²) in [5.74, 6) is -0.374. The molecule has 1 radical (unpaired) electrons. The molecule has 0 saturated heterocycles. The lowest BCUT2D eigenvalue weighted by Gasteiger charge is -1.98. The second-order valence-electron chi connectivity index (χ2n) is 1.87. The summed E-state index contributed by atoms with van der Waals surface area (Å²) in [5, 5.41) is 0. The van der Waals surface area contributed by atoms with E-state index in [1.54, 1.807) is 19.2 Å². The Bertz CT molecular complexity index is 233. The minimum absolute atomic E-state index is 0.370. The van der Waals surface area contributed by atoms with E-state index in [2.05, 4.69) is 11.1 Å². The molecule has 0 unspecified atom stereocenters. The number of pyridine rings is 1. The Morgan fingerprint density at radius 2 is 2.64 bits per heavy atom. The summed E-state index contributed by atoms with van der Waals surface area (Å²) in [6.07, 6.45) is 2.99. The third kappa shape index (κ3) is 2.04. The van der Waals surface area contributed by atoms with Gasteiger partial charge in [0.1, 0.15) is 0 Å². The highest BCUT2D eigenvalue weighted by molar-refractivity contribution is 5.88. The highest BCUT2D eigenvalue weighted by Crippen LogP contribution is 1.96. The molecule has 0 aliphatic rings. The monoisotopic (exact) mass is 150 g/mol. The van der Waals surface area contributed by atoms with Crippen LogP contribution >= 0.6 is 0 Å². The van der Waals surface area contributed by atoms with E-state index in [4.69, 9.17) is 4.74 Å². The molecule has 0 fully saturated rings. The summed E-state index contributed by atoms with van der Waals surface area (Å²) in [6, 6.07) is 4.29. The molecule has 11 heavy (non-hydrogen) atoms. The summed E-state index contributed by atoms with van der Waals surface area (Å²) in [6.45, 7) is 2.13. The topological polar surface area (TPSA) is 39.2 Å². The maximum absolute atomic E-state index is 11.0. The number of rotatable bonds is 2. The van der Waals surface area contributed by atoms with Crippen LogP contribution in [0.15, 0.2) is 18.5 Å². The molecule has 0 amide bonds. The van der Waals surface area contributed by atoms with Crippen molar-refractivity contribution in [2.45, 2.75) is 6.92 Å². The fourth-order valence-corrected chi connectivity index (χ4v) is 0.645. The molecule has 0 spiro atoms. The van der Waals surface area contributed by atoms with Crippen LogP contribution < -0.4 is 0 Å². The Kier molecular flexibility index (Phi) is 2.60. The van der Waals surface area contributed by atoms with E-state index in [1.165, 1.54) is 6.20 Å². The van der Waals surface area contributed by atoms with Crippen LogP contribution in [0.5, 0.6) is 0 Å². The quantitative estimate of drug-likeness (QED) is 0.592. The number of aromatic nitrogens is 1. The number of ether oxygens (including phenoxy) is 1. The Labute approximate surface area is 65.0 Å². The highest BCUT2D eigenvalue weighted by Gasteiger charge is 2.03. The lowest BCUT2D eigenvalue weighted by Crippen LogP contribution is -2.04. The molecule has 0 aromatic carbocycles. The molecular formula is C8H8NO2. The number of carbonyl (C=O) groups is 1. The SMILES string of the molecule is CCOC(=O)c1[c]ccnc1. The molecule has 0 bridgehead atoms. The molecule has 57 valence electrons. The molecule has 3 nitrogen and oxygen atoms in total. The predicted octanol–water partition coefficient (Wildman–Crippen LogP) is 1.06. The first kappa shape index (κ1) is 7.72.